The monoisotopic (exact) mass is 344 g/mol. The van der Waals surface area contributed by atoms with E-state index in [-0.39, 0.29) is 0 Å². The van der Waals surface area contributed by atoms with Gasteiger partial charge in [-0.25, -0.2) is 9.67 Å². The molecule has 124 valence electrons. The van der Waals surface area contributed by atoms with E-state index < -0.39 is 0 Å². The Labute approximate surface area is 145 Å². The maximum atomic E-state index is 5.93. The van der Waals surface area contributed by atoms with Crippen LogP contribution in [-0.2, 0) is 11.5 Å². The molecule has 0 aromatic carbocycles. The third-order valence-electron chi connectivity index (χ3n) is 3.13. The number of hydrogen-bond acceptors (Lipinski definition) is 5. The molecule has 24 heavy (non-hydrogen) atoms. The van der Waals surface area contributed by atoms with Crippen molar-refractivity contribution in [1.29, 1.82) is 0 Å². The van der Waals surface area contributed by atoms with E-state index in [1.807, 2.05) is 18.2 Å². The van der Waals surface area contributed by atoms with Gasteiger partial charge in [-0.15, -0.1) is 0 Å². The minimum Gasteiger partial charge on any atom is -0.453 e. The molecule has 0 aliphatic heterocycles. The Kier molecular flexibility index (Phi) is 5.40. The van der Waals surface area contributed by atoms with Gasteiger partial charge in [0.15, 0.2) is 11.4 Å². The first-order valence-electron chi connectivity index (χ1n) is 7.62. The van der Waals surface area contributed by atoms with Gasteiger partial charge in [-0.05, 0) is 24.6 Å². The predicted octanol–water partition coefficient (Wildman–Crippen LogP) is 4.17. The van der Waals surface area contributed by atoms with E-state index in [2.05, 4.69) is 22.0 Å². The average Bonchev–Trinajstić information content (AvgIpc) is 2.99. The quantitative estimate of drug-likeness (QED) is 0.475. The highest BCUT2D eigenvalue weighted by atomic mass is 35.5. The van der Waals surface area contributed by atoms with Gasteiger partial charge >= 0.3 is 0 Å². The van der Waals surface area contributed by atoms with Gasteiger partial charge in [-0.2, -0.15) is 5.10 Å². The molecule has 7 heteroatoms. The highest BCUT2D eigenvalue weighted by Crippen LogP contribution is 2.31. The highest BCUT2D eigenvalue weighted by molar-refractivity contribution is 6.29. The zero-order valence-corrected chi connectivity index (χ0v) is 14.0. The van der Waals surface area contributed by atoms with E-state index in [4.69, 9.17) is 21.1 Å². The molecule has 0 aliphatic rings. The SMILES string of the molecule is CCCOCn1cc(Oc2ccnc(Cl)c2)c(-c2ccccn2)n1. The number of halogens is 1. The van der Waals surface area contributed by atoms with Crippen LogP contribution in [-0.4, -0.2) is 26.4 Å². The number of nitrogens with zero attached hydrogens (tertiary/aromatic N) is 4. The van der Waals surface area contributed by atoms with Crippen LogP contribution in [0.5, 0.6) is 11.5 Å². The largest absolute Gasteiger partial charge is 0.453 e. The zero-order chi connectivity index (χ0) is 16.8. The Morgan fingerprint density at radius 2 is 2.08 bits per heavy atom. The van der Waals surface area contributed by atoms with Crippen molar-refractivity contribution >= 4 is 11.6 Å². The molecule has 0 saturated heterocycles. The fraction of sp³-hybridized carbons (Fsp3) is 0.235. The normalized spacial score (nSPS) is 10.8. The lowest BCUT2D eigenvalue weighted by Crippen LogP contribution is -2.03. The number of ether oxygens (including phenoxy) is 2. The number of rotatable bonds is 7. The smallest absolute Gasteiger partial charge is 0.175 e. The summed E-state index contributed by atoms with van der Waals surface area (Å²) in [7, 11) is 0. The van der Waals surface area contributed by atoms with Crippen LogP contribution >= 0.6 is 11.6 Å². The van der Waals surface area contributed by atoms with E-state index in [1.54, 1.807) is 35.4 Å². The molecule has 6 nitrogen and oxygen atoms in total. The first-order chi connectivity index (χ1) is 11.8. The van der Waals surface area contributed by atoms with Crippen LogP contribution in [0.1, 0.15) is 13.3 Å². The van der Waals surface area contributed by atoms with Crippen molar-refractivity contribution in [2.24, 2.45) is 0 Å². The molecule has 3 aromatic heterocycles. The summed E-state index contributed by atoms with van der Waals surface area (Å²) in [6.07, 6.45) is 6.04. The molecule has 0 radical (unpaired) electrons. The molecular weight excluding hydrogens is 328 g/mol. The van der Waals surface area contributed by atoms with Crippen LogP contribution in [0.2, 0.25) is 5.15 Å². The Balaban J connectivity index is 1.90. The molecule has 0 saturated carbocycles. The highest BCUT2D eigenvalue weighted by Gasteiger charge is 2.15. The third-order valence-corrected chi connectivity index (χ3v) is 3.34. The minimum absolute atomic E-state index is 0.355. The number of pyridine rings is 2. The molecule has 3 heterocycles. The predicted molar refractivity (Wildman–Crippen MR) is 91.0 cm³/mol. The van der Waals surface area contributed by atoms with Crippen LogP contribution in [0, 0.1) is 0 Å². The van der Waals surface area contributed by atoms with Crippen LogP contribution in [0.15, 0.2) is 48.9 Å². The summed E-state index contributed by atoms with van der Waals surface area (Å²) in [6, 6.07) is 9.02. The molecule has 0 bridgehead atoms. The van der Waals surface area contributed by atoms with E-state index in [9.17, 15) is 0 Å². The second-order valence-corrected chi connectivity index (χ2v) is 5.44. The van der Waals surface area contributed by atoms with Crippen LogP contribution < -0.4 is 4.74 Å². The Morgan fingerprint density at radius 3 is 2.83 bits per heavy atom. The first-order valence-corrected chi connectivity index (χ1v) is 8.00. The molecule has 3 rings (SSSR count). The fourth-order valence-corrected chi connectivity index (χ4v) is 2.27. The number of hydrogen-bond donors (Lipinski definition) is 0. The van der Waals surface area contributed by atoms with Crippen molar-refractivity contribution in [3.63, 3.8) is 0 Å². The number of aromatic nitrogens is 4. The van der Waals surface area contributed by atoms with Crippen molar-refractivity contribution < 1.29 is 9.47 Å². The average molecular weight is 345 g/mol. The summed E-state index contributed by atoms with van der Waals surface area (Å²) >= 11 is 5.91. The maximum absolute atomic E-state index is 5.93. The molecule has 0 amide bonds. The topological polar surface area (TPSA) is 62.1 Å². The van der Waals surface area contributed by atoms with Crippen molar-refractivity contribution in [3.05, 3.63) is 54.1 Å². The van der Waals surface area contributed by atoms with Gasteiger partial charge < -0.3 is 9.47 Å². The second kappa shape index (κ2) is 7.90. The van der Waals surface area contributed by atoms with E-state index >= 15 is 0 Å². The van der Waals surface area contributed by atoms with Gasteiger partial charge in [0.1, 0.15) is 17.6 Å². The molecule has 0 unspecified atom stereocenters. The molecule has 0 spiro atoms. The van der Waals surface area contributed by atoms with Gasteiger partial charge in [-0.3, -0.25) is 4.98 Å². The second-order valence-electron chi connectivity index (χ2n) is 5.05. The van der Waals surface area contributed by atoms with Crippen LogP contribution in [0.4, 0.5) is 0 Å². The Hall–Kier alpha value is -2.44. The lowest BCUT2D eigenvalue weighted by molar-refractivity contribution is 0.0693. The van der Waals surface area contributed by atoms with Crippen molar-refractivity contribution in [2.75, 3.05) is 6.61 Å². The third kappa shape index (κ3) is 4.10. The van der Waals surface area contributed by atoms with Crippen molar-refractivity contribution in [3.8, 4) is 22.9 Å². The van der Waals surface area contributed by atoms with Crippen molar-refractivity contribution in [1.82, 2.24) is 19.7 Å². The van der Waals surface area contributed by atoms with E-state index in [0.717, 1.165) is 12.1 Å². The van der Waals surface area contributed by atoms with Crippen LogP contribution in [0.3, 0.4) is 0 Å². The maximum Gasteiger partial charge on any atom is 0.175 e. The Morgan fingerprint density at radius 1 is 1.17 bits per heavy atom. The van der Waals surface area contributed by atoms with E-state index in [1.165, 1.54) is 0 Å². The molecule has 0 fully saturated rings. The van der Waals surface area contributed by atoms with Crippen molar-refractivity contribution in [2.45, 2.75) is 20.1 Å². The van der Waals surface area contributed by atoms with Gasteiger partial charge in [-0.1, -0.05) is 24.6 Å². The summed E-state index contributed by atoms with van der Waals surface area (Å²) in [5.74, 6) is 1.16. The standard InChI is InChI=1S/C17H17ClN4O2/c1-2-9-23-12-22-11-15(24-13-6-8-20-16(18)10-13)17(21-22)14-5-3-4-7-19-14/h3-8,10-11H,2,9,12H2,1H3. The Bertz CT molecular complexity index is 792. The zero-order valence-electron chi connectivity index (χ0n) is 13.2. The van der Waals surface area contributed by atoms with Crippen LogP contribution in [0.25, 0.3) is 11.4 Å². The molecule has 0 N–H and O–H groups in total. The lowest BCUT2D eigenvalue weighted by Gasteiger charge is -2.05. The summed E-state index contributed by atoms with van der Waals surface area (Å²) in [4.78, 5) is 8.29. The molecular formula is C17H17ClN4O2. The van der Waals surface area contributed by atoms with Gasteiger partial charge in [0, 0.05) is 25.1 Å². The first kappa shape index (κ1) is 16.4. The summed E-state index contributed by atoms with van der Waals surface area (Å²) < 4.78 is 13.2. The summed E-state index contributed by atoms with van der Waals surface area (Å²) in [5.41, 5.74) is 1.37. The summed E-state index contributed by atoms with van der Waals surface area (Å²) in [5, 5.41) is 4.89. The molecule has 0 atom stereocenters. The minimum atomic E-state index is 0.355. The van der Waals surface area contributed by atoms with Gasteiger partial charge in [0.2, 0.25) is 0 Å². The molecule has 3 aromatic rings. The van der Waals surface area contributed by atoms with E-state index in [0.29, 0.717) is 35.7 Å². The van der Waals surface area contributed by atoms with Gasteiger partial charge in [0.05, 0.1) is 11.9 Å². The summed E-state index contributed by atoms with van der Waals surface area (Å²) in [6.45, 7) is 3.09. The van der Waals surface area contributed by atoms with Gasteiger partial charge in [0.25, 0.3) is 0 Å². The fourth-order valence-electron chi connectivity index (χ4n) is 2.10. The lowest BCUT2D eigenvalue weighted by atomic mass is 10.2. The molecule has 0 aliphatic carbocycles.